The molecule has 1 aliphatic heterocycles. The number of barbiturate groups is 1. The predicted molar refractivity (Wildman–Crippen MR) is 116 cm³/mol. The predicted octanol–water partition coefficient (Wildman–Crippen LogP) is 2.63. The molecule has 0 aliphatic carbocycles. The number of aromatic carboxylic acids is 1. The molecule has 0 unspecified atom stereocenters. The van der Waals surface area contributed by atoms with Crippen LogP contribution in [0.4, 0.5) is 10.5 Å². The van der Waals surface area contributed by atoms with Crippen LogP contribution in [0.5, 0.6) is 5.75 Å². The topological polar surface area (TPSA) is 139 Å². The summed E-state index contributed by atoms with van der Waals surface area (Å²) in [5.74, 6) is -3.35. The van der Waals surface area contributed by atoms with Gasteiger partial charge in [0.15, 0.2) is 0 Å². The number of carboxylic acids is 1. The van der Waals surface area contributed by atoms with Crippen molar-refractivity contribution >= 4 is 41.5 Å². The quantitative estimate of drug-likeness (QED) is 0.371. The third kappa shape index (κ3) is 4.90. The van der Waals surface area contributed by atoms with Crippen molar-refractivity contribution in [3.05, 3.63) is 64.7 Å². The van der Waals surface area contributed by atoms with Gasteiger partial charge < -0.3 is 14.6 Å². The standard InChI is InChI=1S/C23H20N2O8/c1-3-32-18-10-7-14(21(28)29)11-15(18)12-17-19(26)24-23(31)25(20(17)27)16-8-5-13(6-9-16)22(30)33-4-2/h5-12H,3-4H2,1-2H3,(H,28,29)(H,24,26,31)/b17-12+. The lowest BCUT2D eigenvalue weighted by atomic mass is 10.0. The van der Waals surface area contributed by atoms with Gasteiger partial charge in [-0.15, -0.1) is 0 Å². The van der Waals surface area contributed by atoms with Crippen molar-refractivity contribution in [2.45, 2.75) is 13.8 Å². The summed E-state index contributed by atoms with van der Waals surface area (Å²) in [4.78, 5) is 61.8. The summed E-state index contributed by atoms with van der Waals surface area (Å²) < 4.78 is 10.4. The summed E-state index contributed by atoms with van der Waals surface area (Å²) in [5.41, 5.74) is 0.0589. The van der Waals surface area contributed by atoms with Crippen LogP contribution in [-0.2, 0) is 14.3 Å². The van der Waals surface area contributed by atoms with E-state index in [0.29, 0.717) is 0 Å². The van der Waals surface area contributed by atoms with E-state index in [9.17, 15) is 29.1 Å². The molecule has 10 nitrogen and oxygen atoms in total. The van der Waals surface area contributed by atoms with Crippen molar-refractivity contribution < 1.29 is 38.6 Å². The molecular formula is C23H20N2O8. The van der Waals surface area contributed by atoms with Crippen molar-refractivity contribution in [1.29, 1.82) is 0 Å². The second-order valence-corrected chi connectivity index (χ2v) is 6.72. The van der Waals surface area contributed by atoms with Crippen molar-refractivity contribution in [3.8, 4) is 5.75 Å². The first-order valence-corrected chi connectivity index (χ1v) is 9.95. The van der Waals surface area contributed by atoms with Crippen molar-refractivity contribution in [1.82, 2.24) is 5.32 Å². The highest BCUT2D eigenvalue weighted by atomic mass is 16.5. The summed E-state index contributed by atoms with van der Waals surface area (Å²) in [6.45, 7) is 3.84. The van der Waals surface area contributed by atoms with Crippen LogP contribution in [0.15, 0.2) is 48.0 Å². The molecule has 2 N–H and O–H groups in total. The molecule has 10 heteroatoms. The van der Waals surface area contributed by atoms with Gasteiger partial charge in [0.1, 0.15) is 11.3 Å². The molecular weight excluding hydrogens is 432 g/mol. The number of amides is 4. The average Bonchev–Trinajstić information content (AvgIpc) is 2.78. The number of nitrogens with zero attached hydrogens (tertiary/aromatic N) is 1. The molecule has 0 atom stereocenters. The van der Waals surface area contributed by atoms with E-state index in [1.54, 1.807) is 13.8 Å². The van der Waals surface area contributed by atoms with E-state index >= 15 is 0 Å². The van der Waals surface area contributed by atoms with Gasteiger partial charge in [-0.2, -0.15) is 0 Å². The summed E-state index contributed by atoms with van der Waals surface area (Å²) in [6.07, 6.45) is 1.17. The average molecular weight is 452 g/mol. The summed E-state index contributed by atoms with van der Waals surface area (Å²) in [6, 6.07) is 8.56. The molecule has 3 rings (SSSR count). The van der Waals surface area contributed by atoms with E-state index in [1.165, 1.54) is 48.5 Å². The third-order valence-corrected chi connectivity index (χ3v) is 4.59. The summed E-state index contributed by atoms with van der Waals surface area (Å²) in [7, 11) is 0. The van der Waals surface area contributed by atoms with Crippen molar-refractivity contribution in [2.24, 2.45) is 0 Å². The lowest BCUT2D eigenvalue weighted by Crippen LogP contribution is -2.54. The zero-order valence-electron chi connectivity index (χ0n) is 17.8. The number of esters is 1. The molecule has 33 heavy (non-hydrogen) atoms. The SMILES string of the molecule is CCOC(=O)c1ccc(N2C(=O)NC(=O)/C(=C\c3cc(C(=O)O)ccc3OCC)C2=O)cc1. The second-order valence-electron chi connectivity index (χ2n) is 6.72. The molecule has 0 radical (unpaired) electrons. The number of rotatable bonds is 7. The van der Waals surface area contributed by atoms with Gasteiger partial charge in [0, 0.05) is 5.56 Å². The number of benzene rings is 2. The third-order valence-electron chi connectivity index (χ3n) is 4.59. The van der Waals surface area contributed by atoms with Gasteiger partial charge in [-0.1, -0.05) is 0 Å². The minimum atomic E-state index is -1.20. The molecule has 0 spiro atoms. The molecule has 1 heterocycles. The van der Waals surface area contributed by atoms with Crippen molar-refractivity contribution in [3.63, 3.8) is 0 Å². The highest BCUT2D eigenvalue weighted by molar-refractivity contribution is 6.39. The van der Waals surface area contributed by atoms with Crippen LogP contribution >= 0.6 is 0 Å². The number of carbonyl (C=O) groups is 5. The molecule has 0 aromatic heterocycles. The second kappa shape index (κ2) is 9.77. The number of hydrogen-bond donors (Lipinski definition) is 2. The van der Waals surface area contributed by atoms with Crippen molar-refractivity contribution in [2.75, 3.05) is 18.1 Å². The molecule has 1 fully saturated rings. The van der Waals surface area contributed by atoms with Crippen LogP contribution < -0.4 is 15.0 Å². The zero-order chi connectivity index (χ0) is 24.1. The largest absolute Gasteiger partial charge is 0.493 e. The van der Waals surface area contributed by atoms with Gasteiger partial charge in [0.2, 0.25) is 0 Å². The minimum absolute atomic E-state index is 0.0727. The lowest BCUT2D eigenvalue weighted by Gasteiger charge is -2.26. The Labute approximate surface area is 188 Å². The van der Waals surface area contributed by atoms with Gasteiger partial charge >= 0.3 is 18.0 Å². The Balaban J connectivity index is 2.00. The van der Waals surface area contributed by atoms with Crippen LogP contribution in [0.25, 0.3) is 6.08 Å². The van der Waals surface area contributed by atoms with Gasteiger partial charge in [-0.25, -0.2) is 19.3 Å². The van der Waals surface area contributed by atoms with Crippen LogP contribution in [0, 0.1) is 0 Å². The van der Waals surface area contributed by atoms with Crippen LogP contribution in [0.2, 0.25) is 0 Å². The highest BCUT2D eigenvalue weighted by Crippen LogP contribution is 2.27. The van der Waals surface area contributed by atoms with E-state index in [-0.39, 0.29) is 41.3 Å². The van der Waals surface area contributed by atoms with E-state index in [4.69, 9.17) is 9.47 Å². The maximum Gasteiger partial charge on any atom is 0.338 e. The maximum absolute atomic E-state index is 13.1. The Morgan fingerprint density at radius 2 is 1.67 bits per heavy atom. The monoisotopic (exact) mass is 452 g/mol. The number of anilines is 1. The smallest absolute Gasteiger partial charge is 0.338 e. The maximum atomic E-state index is 13.1. The summed E-state index contributed by atoms with van der Waals surface area (Å²) in [5, 5.41) is 11.4. The Hall–Kier alpha value is -4.47. The molecule has 2 aromatic carbocycles. The molecule has 0 saturated carbocycles. The number of nitrogens with one attached hydrogen (secondary N) is 1. The van der Waals surface area contributed by atoms with Crippen LogP contribution in [-0.4, -0.2) is 48.1 Å². The molecule has 1 saturated heterocycles. The molecule has 2 aromatic rings. The minimum Gasteiger partial charge on any atom is -0.493 e. The van der Waals surface area contributed by atoms with Gasteiger partial charge in [0.25, 0.3) is 11.8 Å². The number of ether oxygens (including phenoxy) is 2. The Bertz CT molecular complexity index is 1170. The number of imide groups is 2. The van der Waals surface area contributed by atoms with E-state index in [0.717, 1.165) is 4.90 Å². The molecule has 4 amide bonds. The van der Waals surface area contributed by atoms with E-state index in [1.807, 2.05) is 0 Å². The van der Waals surface area contributed by atoms with Gasteiger partial charge in [-0.05, 0) is 62.4 Å². The first kappa shape index (κ1) is 23.2. The Morgan fingerprint density at radius 1 is 1.00 bits per heavy atom. The first-order valence-electron chi connectivity index (χ1n) is 9.95. The van der Waals surface area contributed by atoms with Crippen LogP contribution in [0.1, 0.15) is 40.1 Å². The van der Waals surface area contributed by atoms with E-state index < -0.39 is 35.4 Å². The number of carbonyl (C=O) groups excluding carboxylic acids is 4. The van der Waals surface area contributed by atoms with Gasteiger partial charge in [-0.3, -0.25) is 14.9 Å². The number of hydrogen-bond acceptors (Lipinski definition) is 7. The molecule has 170 valence electrons. The van der Waals surface area contributed by atoms with E-state index in [2.05, 4.69) is 5.32 Å². The van der Waals surface area contributed by atoms with Gasteiger partial charge in [0.05, 0.1) is 30.0 Å². The lowest BCUT2D eigenvalue weighted by molar-refractivity contribution is -0.122. The summed E-state index contributed by atoms with van der Waals surface area (Å²) >= 11 is 0. The Kier molecular flexibility index (Phi) is 6.87. The molecule has 0 bridgehead atoms. The highest BCUT2D eigenvalue weighted by Gasteiger charge is 2.37. The Morgan fingerprint density at radius 3 is 2.27 bits per heavy atom. The fourth-order valence-corrected chi connectivity index (χ4v) is 3.09. The number of carboxylic acid groups (broad SMARTS) is 1. The van der Waals surface area contributed by atoms with Crippen LogP contribution in [0.3, 0.4) is 0 Å². The fraction of sp³-hybridized carbons (Fsp3) is 0.174. The number of urea groups is 1. The zero-order valence-corrected chi connectivity index (χ0v) is 17.8. The first-order chi connectivity index (χ1) is 15.8. The fourth-order valence-electron chi connectivity index (χ4n) is 3.09. The molecule has 1 aliphatic rings. The normalized spacial score (nSPS) is 14.8.